The quantitative estimate of drug-likeness (QED) is 0.438. The maximum Gasteiger partial charge on any atom is 0.240 e. The van der Waals surface area contributed by atoms with Gasteiger partial charge in [-0.15, -0.1) is 11.3 Å². The summed E-state index contributed by atoms with van der Waals surface area (Å²) in [4.78, 5) is 4.83. The molecule has 0 saturated carbocycles. The molecular formula is C22H26N2O4S2. The van der Waals surface area contributed by atoms with Crippen LogP contribution >= 0.6 is 11.3 Å². The first kappa shape index (κ1) is 22.3. The van der Waals surface area contributed by atoms with Crippen molar-refractivity contribution >= 4 is 21.4 Å². The van der Waals surface area contributed by atoms with Crippen LogP contribution in [0.4, 0.5) is 0 Å². The summed E-state index contributed by atoms with van der Waals surface area (Å²) in [6.45, 7) is 3.01. The molecule has 0 radical (unpaired) electrons. The number of unbranched alkanes of at least 4 members (excludes halogenated alkanes) is 1. The molecule has 0 saturated heterocycles. The molecule has 8 heteroatoms. The molecule has 1 heterocycles. The van der Waals surface area contributed by atoms with Crippen LogP contribution in [0.2, 0.25) is 0 Å². The monoisotopic (exact) mass is 446 g/mol. The van der Waals surface area contributed by atoms with Crippen molar-refractivity contribution in [3.05, 3.63) is 59.6 Å². The Morgan fingerprint density at radius 2 is 1.73 bits per heavy atom. The van der Waals surface area contributed by atoms with Gasteiger partial charge in [-0.05, 0) is 55.0 Å². The average Bonchev–Trinajstić information content (AvgIpc) is 3.23. The zero-order valence-corrected chi connectivity index (χ0v) is 18.8. The van der Waals surface area contributed by atoms with Crippen LogP contribution in [0.15, 0.2) is 58.8 Å². The lowest BCUT2D eigenvalue weighted by molar-refractivity contribution is 0.309. The van der Waals surface area contributed by atoms with Gasteiger partial charge in [0.1, 0.15) is 16.5 Å². The molecule has 0 fully saturated rings. The fraction of sp³-hybridized carbons (Fsp3) is 0.318. The molecule has 0 aliphatic carbocycles. The smallest absolute Gasteiger partial charge is 0.240 e. The van der Waals surface area contributed by atoms with Crippen molar-refractivity contribution in [2.75, 3.05) is 20.3 Å². The number of sulfonamides is 1. The van der Waals surface area contributed by atoms with Gasteiger partial charge >= 0.3 is 0 Å². The van der Waals surface area contributed by atoms with E-state index in [0.29, 0.717) is 18.8 Å². The summed E-state index contributed by atoms with van der Waals surface area (Å²) in [6.07, 6.45) is 2.54. The molecule has 0 amide bonds. The lowest BCUT2D eigenvalue weighted by Crippen LogP contribution is -2.26. The number of rotatable bonds is 11. The van der Waals surface area contributed by atoms with E-state index in [0.717, 1.165) is 34.9 Å². The molecule has 0 aliphatic heterocycles. The Bertz CT molecular complexity index is 1030. The Morgan fingerprint density at radius 1 is 1.03 bits per heavy atom. The van der Waals surface area contributed by atoms with Gasteiger partial charge in [-0.25, -0.2) is 18.1 Å². The lowest BCUT2D eigenvalue weighted by Gasteiger charge is -2.08. The average molecular weight is 447 g/mol. The summed E-state index contributed by atoms with van der Waals surface area (Å²) in [5.74, 6) is 1.47. The van der Waals surface area contributed by atoms with Crippen molar-refractivity contribution in [2.45, 2.75) is 31.1 Å². The number of aromatic nitrogens is 1. The van der Waals surface area contributed by atoms with E-state index in [2.05, 4.69) is 16.6 Å². The molecule has 0 atom stereocenters. The molecule has 0 aliphatic rings. The molecule has 1 aromatic heterocycles. The third kappa shape index (κ3) is 6.04. The Kier molecular flexibility index (Phi) is 7.84. The normalized spacial score (nSPS) is 11.4. The van der Waals surface area contributed by atoms with Gasteiger partial charge in [-0.2, -0.15) is 0 Å². The lowest BCUT2D eigenvalue weighted by atomic mass is 10.2. The van der Waals surface area contributed by atoms with Crippen LogP contribution in [0.25, 0.3) is 10.6 Å². The summed E-state index contributed by atoms with van der Waals surface area (Å²) in [5.41, 5.74) is 1.86. The number of nitrogens with one attached hydrogen (secondary N) is 1. The number of nitrogens with zero attached hydrogens (tertiary/aromatic N) is 1. The van der Waals surface area contributed by atoms with Crippen LogP contribution in [0, 0.1) is 0 Å². The topological polar surface area (TPSA) is 77.5 Å². The van der Waals surface area contributed by atoms with Gasteiger partial charge in [0.25, 0.3) is 0 Å². The van der Waals surface area contributed by atoms with Crippen molar-refractivity contribution in [3.8, 4) is 22.1 Å². The third-order valence-corrected chi connectivity index (χ3v) is 6.88. The van der Waals surface area contributed by atoms with Gasteiger partial charge in [-0.3, -0.25) is 0 Å². The zero-order valence-electron chi connectivity index (χ0n) is 17.1. The van der Waals surface area contributed by atoms with Crippen molar-refractivity contribution in [2.24, 2.45) is 0 Å². The summed E-state index contributed by atoms with van der Waals surface area (Å²) in [7, 11) is -1.94. The Balaban J connectivity index is 1.53. The van der Waals surface area contributed by atoms with Gasteiger partial charge < -0.3 is 9.47 Å². The minimum atomic E-state index is -3.57. The third-order valence-electron chi connectivity index (χ3n) is 4.46. The molecule has 3 aromatic rings. The predicted octanol–water partition coefficient (Wildman–Crippen LogP) is 4.52. The van der Waals surface area contributed by atoms with E-state index < -0.39 is 10.0 Å². The van der Waals surface area contributed by atoms with E-state index in [1.165, 1.54) is 11.3 Å². The number of ether oxygens (including phenoxy) is 2. The van der Waals surface area contributed by atoms with Gasteiger partial charge in [-0.1, -0.05) is 13.3 Å². The van der Waals surface area contributed by atoms with Crippen LogP contribution in [-0.4, -0.2) is 33.7 Å². The van der Waals surface area contributed by atoms with E-state index >= 15 is 0 Å². The van der Waals surface area contributed by atoms with E-state index in [1.54, 1.807) is 31.4 Å². The number of methoxy groups -OCH3 is 1. The standard InChI is InChI=1S/C22H26N2O4S2/c1-3-4-15-28-20-9-11-21(12-10-20)30(25,26)23-14-13-18-16-29-22(24-18)17-5-7-19(27-2)8-6-17/h5-12,16,23H,3-4,13-15H2,1-2H3. The maximum absolute atomic E-state index is 12.5. The van der Waals surface area contributed by atoms with Crippen LogP contribution in [0.3, 0.4) is 0 Å². The molecule has 3 rings (SSSR count). The van der Waals surface area contributed by atoms with Crippen molar-refractivity contribution in [1.82, 2.24) is 9.71 Å². The number of benzene rings is 2. The Labute approximate surface area is 181 Å². The van der Waals surface area contributed by atoms with Crippen LogP contribution in [0.1, 0.15) is 25.5 Å². The highest BCUT2D eigenvalue weighted by molar-refractivity contribution is 7.89. The molecule has 0 bridgehead atoms. The Morgan fingerprint density at radius 3 is 2.40 bits per heavy atom. The van der Waals surface area contributed by atoms with Gasteiger partial charge in [0.2, 0.25) is 10.0 Å². The van der Waals surface area contributed by atoms with E-state index in [-0.39, 0.29) is 11.4 Å². The maximum atomic E-state index is 12.5. The highest BCUT2D eigenvalue weighted by Gasteiger charge is 2.14. The Hall–Kier alpha value is -2.42. The number of hydrogen-bond acceptors (Lipinski definition) is 6. The number of thiazole rings is 1. The van der Waals surface area contributed by atoms with Gasteiger partial charge in [0.05, 0.1) is 24.3 Å². The van der Waals surface area contributed by atoms with E-state index in [4.69, 9.17) is 9.47 Å². The van der Waals surface area contributed by atoms with Crippen LogP contribution < -0.4 is 14.2 Å². The minimum absolute atomic E-state index is 0.225. The molecular weight excluding hydrogens is 420 g/mol. The highest BCUT2D eigenvalue weighted by Crippen LogP contribution is 2.26. The molecule has 0 spiro atoms. The predicted molar refractivity (Wildman–Crippen MR) is 120 cm³/mol. The molecule has 160 valence electrons. The second-order valence-electron chi connectivity index (χ2n) is 6.69. The second-order valence-corrected chi connectivity index (χ2v) is 9.32. The largest absolute Gasteiger partial charge is 0.497 e. The highest BCUT2D eigenvalue weighted by atomic mass is 32.2. The first-order valence-corrected chi connectivity index (χ1v) is 12.2. The molecule has 30 heavy (non-hydrogen) atoms. The van der Waals surface area contributed by atoms with Crippen molar-refractivity contribution in [1.29, 1.82) is 0 Å². The first-order chi connectivity index (χ1) is 14.5. The van der Waals surface area contributed by atoms with Crippen LogP contribution in [-0.2, 0) is 16.4 Å². The van der Waals surface area contributed by atoms with Crippen molar-refractivity contribution < 1.29 is 17.9 Å². The molecule has 0 unspecified atom stereocenters. The van der Waals surface area contributed by atoms with E-state index in [9.17, 15) is 8.42 Å². The van der Waals surface area contributed by atoms with E-state index in [1.807, 2.05) is 29.6 Å². The molecule has 1 N–H and O–H groups in total. The molecule has 6 nitrogen and oxygen atoms in total. The number of hydrogen-bond donors (Lipinski definition) is 1. The fourth-order valence-electron chi connectivity index (χ4n) is 2.73. The second kappa shape index (κ2) is 10.6. The summed E-state index contributed by atoms with van der Waals surface area (Å²) in [6, 6.07) is 14.2. The van der Waals surface area contributed by atoms with Gasteiger partial charge in [0.15, 0.2) is 0 Å². The van der Waals surface area contributed by atoms with Gasteiger partial charge in [0, 0.05) is 23.9 Å². The SMILES string of the molecule is CCCCOc1ccc(S(=O)(=O)NCCc2csc(-c3ccc(OC)cc3)n2)cc1. The minimum Gasteiger partial charge on any atom is -0.497 e. The fourth-order valence-corrected chi connectivity index (χ4v) is 4.63. The van der Waals surface area contributed by atoms with Crippen LogP contribution in [0.5, 0.6) is 11.5 Å². The first-order valence-electron chi connectivity index (χ1n) is 9.83. The zero-order chi connectivity index (χ0) is 21.4. The summed E-state index contributed by atoms with van der Waals surface area (Å²) >= 11 is 1.54. The molecule has 2 aromatic carbocycles. The summed E-state index contributed by atoms with van der Waals surface area (Å²) in [5, 5.41) is 2.85. The summed E-state index contributed by atoms with van der Waals surface area (Å²) < 4.78 is 38.4. The van der Waals surface area contributed by atoms with Crippen molar-refractivity contribution in [3.63, 3.8) is 0 Å².